The van der Waals surface area contributed by atoms with Crippen LogP contribution < -0.4 is 9.47 Å². The highest BCUT2D eigenvalue weighted by Gasteiger charge is 2.43. The summed E-state index contributed by atoms with van der Waals surface area (Å²) in [4.78, 5) is 31.7. The van der Waals surface area contributed by atoms with E-state index in [2.05, 4.69) is 4.98 Å². The van der Waals surface area contributed by atoms with Crippen LogP contribution in [0.2, 0.25) is 5.02 Å². The molecule has 1 aliphatic rings. The van der Waals surface area contributed by atoms with Gasteiger partial charge in [0.25, 0.3) is 0 Å². The molecule has 1 fully saturated rings. The smallest absolute Gasteiger partial charge is 0.410 e. The predicted molar refractivity (Wildman–Crippen MR) is 139 cm³/mol. The second kappa shape index (κ2) is 11.5. The number of benzene rings is 1. The highest BCUT2D eigenvalue weighted by molar-refractivity contribution is 6.32. The molecule has 0 aliphatic carbocycles. The molecule has 36 heavy (non-hydrogen) atoms. The van der Waals surface area contributed by atoms with Gasteiger partial charge in [-0.05, 0) is 71.4 Å². The summed E-state index contributed by atoms with van der Waals surface area (Å²) >= 11 is 6.56. The molecule has 0 saturated carbocycles. The first-order valence-electron chi connectivity index (χ1n) is 12.4. The van der Waals surface area contributed by atoms with Crippen LogP contribution in [0, 0.1) is 5.41 Å². The van der Waals surface area contributed by atoms with Crippen LogP contribution in [0.1, 0.15) is 58.9 Å². The van der Waals surface area contributed by atoms with Gasteiger partial charge in [-0.2, -0.15) is 0 Å². The topological polar surface area (TPSA) is 87.2 Å². The number of aromatic nitrogens is 1. The summed E-state index contributed by atoms with van der Waals surface area (Å²) in [7, 11) is 3.18. The molecule has 3 rings (SSSR count). The molecule has 9 heteroatoms. The van der Waals surface area contributed by atoms with Gasteiger partial charge in [-0.3, -0.25) is 9.78 Å². The van der Waals surface area contributed by atoms with Crippen molar-refractivity contribution in [2.24, 2.45) is 5.41 Å². The molecule has 1 aromatic carbocycles. The quantitative estimate of drug-likeness (QED) is 0.406. The van der Waals surface area contributed by atoms with Crippen LogP contribution in [0.3, 0.4) is 0 Å². The molecule has 1 aromatic heterocycles. The number of carbonyl (C=O) groups excluding carboxylic acids is 2. The van der Waals surface area contributed by atoms with Gasteiger partial charge in [0.15, 0.2) is 11.5 Å². The minimum absolute atomic E-state index is 0.203. The molecular formula is C27H37ClN2O6. The summed E-state index contributed by atoms with van der Waals surface area (Å²) in [6.07, 6.45) is 4.36. The van der Waals surface area contributed by atoms with E-state index in [1.54, 1.807) is 25.3 Å². The average molecular weight is 521 g/mol. The number of pyridine rings is 1. The van der Waals surface area contributed by atoms with Crippen LogP contribution in [-0.2, 0) is 20.7 Å². The second-order valence-corrected chi connectivity index (χ2v) is 10.5. The number of nitrogens with zero attached hydrogens (tertiary/aromatic N) is 2. The number of ether oxygens (including phenoxy) is 4. The van der Waals surface area contributed by atoms with E-state index in [0.717, 1.165) is 22.9 Å². The molecule has 1 amide bonds. The summed E-state index contributed by atoms with van der Waals surface area (Å²) < 4.78 is 21.9. The van der Waals surface area contributed by atoms with E-state index in [0.29, 0.717) is 61.9 Å². The number of methoxy groups -OCH3 is 2. The van der Waals surface area contributed by atoms with E-state index in [1.807, 2.05) is 39.8 Å². The van der Waals surface area contributed by atoms with Crippen LogP contribution in [0.5, 0.6) is 11.5 Å². The molecule has 2 aromatic rings. The van der Waals surface area contributed by atoms with Gasteiger partial charge in [0.1, 0.15) is 5.60 Å². The SMILES string of the molecule is CCOC(=O)C1(CCCc2c(Cl)cnc3cc(OC)c(OC)cc23)CCN(C(=O)OC(C)(C)C)CC1. The Morgan fingerprint density at radius 3 is 2.33 bits per heavy atom. The Morgan fingerprint density at radius 2 is 1.75 bits per heavy atom. The summed E-state index contributed by atoms with van der Waals surface area (Å²) in [6, 6.07) is 3.73. The number of rotatable bonds is 8. The Labute approximate surface area is 218 Å². The van der Waals surface area contributed by atoms with Gasteiger partial charge in [0.2, 0.25) is 0 Å². The van der Waals surface area contributed by atoms with Gasteiger partial charge < -0.3 is 23.8 Å². The maximum Gasteiger partial charge on any atom is 0.410 e. The van der Waals surface area contributed by atoms with Crippen molar-refractivity contribution in [1.29, 1.82) is 0 Å². The molecule has 1 saturated heterocycles. The van der Waals surface area contributed by atoms with Crippen molar-refractivity contribution >= 4 is 34.6 Å². The third-order valence-electron chi connectivity index (χ3n) is 6.60. The molecule has 0 bridgehead atoms. The summed E-state index contributed by atoms with van der Waals surface area (Å²) in [6.45, 7) is 8.56. The zero-order valence-electron chi connectivity index (χ0n) is 22.1. The molecule has 0 N–H and O–H groups in total. The lowest BCUT2D eigenvalue weighted by Gasteiger charge is -2.40. The highest BCUT2D eigenvalue weighted by Crippen LogP contribution is 2.40. The van der Waals surface area contributed by atoms with Crippen molar-refractivity contribution < 1.29 is 28.5 Å². The molecule has 0 atom stereocenters. The van der Waals surface area contributed by atoms with Crippen molar-refractivity contribution in [1.82, 2.24) is 9.88 Å². The summed E-state index contributed by atoms with van der Waals surface area (Å²) in [5.41, 5.74) is 0.502. The minimum Gasteiger partial charge on any atom is -0.493 e. The van der Waals surface area contributed by atoms with Crippen LogP contribution in [0.25, 0.3) is 10.9 Å². The maximum atomic E-state index is 13.1. The fraction of sp³-hybridized carbons (Fsp3) is 0.593. The van der Waals surface area contributed by atoms with E-state index in [4.69, 9.17) is 30.5 Å². The number of hydrogen-bond donors (Lipinski definition) is 0. The highest BCUT2D eigenvalue weighted by atomic mass is 35.5. The molecule has 0 spiro atoms. The molecule has 2 heterocycles. The van der Waals surface area contributed by atoms with Crippen molar-refractivity contribution in [3.63, 3.8) is 0 Å². The fourth-order valence-electron chi connectivity index (χ4n) is 4.69. The normalized spacial score (nSPS) is 15.5. The van der Waals surface area contributed by atoms with E-state index in [9.17, 15) is 9.59 Å². The van der Waals surface area contributed by atoms with E-state index < -0.39 is 11.0 Å². The first-order valence-corrected chi connectivity index (χ1v) is 12.8. The Morgan fingerprint density at radius 1 is 1.11 bits per heavy atom. The van der Waals surface area contributed by atoms with Gasteiger partial charge in [-0.15, -0.1) is 0 Å². The number of hydrogen-bond acceptors (Lipinski definition) is 7. The van der Waals surface area contributed by atoms with E-state index >= 15 is 0 Å². The lowest BCUT2D eigenvalue weighted by atomic mass is 9.74. The van der Waals surface area contributed by atoms with Crippen molar-refractivity contribution in [2.75, 3.05) is 33.9 Å². The van der Waals surface area contributed by atoms with Crippen molar-refractivity contribution in [2.45, 2.75) is 65.4 Å². The molecule has 0 unspecified atom stereocenters. The monoisotopic (exact) mass is 520 g/mol. The number of carbonyl (C=O) groups is 2. The number of likely N-dealkylation sites (tertiary alicyclic amines) is 1. The third kappa shape index (κ3) is 6.33. The third-order valence-corrected chi connectivity index (χ3v) is 6.92. The maximum absolute atomic E-state index is 13.1. The Hall–Kier alpha value is -2.74. The average Bonchev–Trinajstić information content (AvgIpc) is 2.84. The van der Waals surface area contributed by atoms with Gasteiger partial charge in [0.05, 0.1) is 36.8 Å². The Bertz CT molecular complexity index is 1090. The number of esters is 1. The fourth-order valence-corrected chi connectivity index (χ4v) is 4.94. The van der Waals surface area contributed by atoms with E-state index in [-0.39, 0.29) is 12.1 Å². The Kier molecular flexibility index (Phi) is 8.93. The van der Waals surface area contributed by atoms with Gasteiger partial charge >= 0.3 is 12.1 Å². The lowest BCUT2D eigenvalue weighted by Crippen LogP contribution is -2.48. The first kappa shape index (κ1) is 27.8. The molecule has 8 nitrogen and oxygen atoms in total. The number of amides is 1. The van der Waals surface area contributed by atoms with Crippen LogP contribution in [0.4, 0.5) is 4.79 Å². The van der Waals surface area contributed by atoms with Crippen LogP contribution in [0.15, 0.2) is 18.3 Å². The number of fused-ring (bicyclic) bond motifs is 1. The first-order chi connectivity index (χ1) is 17.0. The molecular weight excluding hydrogens is 484 g/mol. The lowest BCUT2D eigenvalue weighted by molar-refractivity contribution is -0.159. The summed E-state index contributed by atoms with van der Waals surface area (Å²) in [5.74, 6) is 1.00. The standard InChI is InChI=1S/C27H37ClN2O6/c1-7-35-24(31)27(11-13-30(14-12-27)25(32)36-26(2,3)4)10-8-9-18-19-15-22(33-5)23(34-6)16-21(19)29-17-20(18)28/h15-17H,7-14H2,1-6H3. The predicted octanol–water partition coefficient (Wildman–Crippen LogP) is 5.81. The minimum atomic E-state index is -0.648. The number of aryl methyl sites for hydroxylation is 1. The Balaban J connectivity index is 1.77. The van der Waals surface area contributed by atoms with Crippen molar-refractivity contribution in [3.05, 3.63) is 28.9 Å². The molecule has 198 valence electrons. The molecule has 0 radical (unpaired) electrons. The van der Waals surface area contributed by atoms with Crippen LogP contribution >= 0.6 is 11.6 Å². The number of halogens is 1. The van der Waals surface area contributed by atoms with E-state index in [1.165, 1.54) is 0 Å². The van der Waals surface area contributed by atoms with Crippen molar-refractivity contribution in [3.8, 4) is 11.5 Å². The van der Waals surface area contributed by atoms with Gasteiger partial charge in [0, 0.05) is 30.7 Å². The zero-order valence-corrected chi connectivity index (χ0v) is 22.9. The van der Waals surface area contributed by atoms with Crippen LogP contribution in [-0.4, -0.2) is 61.5 Å². The van der Waals surface area contributed by atoms with Gasteiger partial charge in [-0.25, -0.2) is 4.79 Å². The molecule has 1 aliphatic heterocycles. The summed E-state index contributed by atoms with van der Waals surface area (Å²) in [5, 5.41) is 1.46. The van der Waals surface area contributed by atoms with Gasteiger partial charge in [-0.1, -0.05) is 11.6 Å². The zero-order chi connectivity index (χ0) is 26.5. The number of piperidine rings is 1. The largest absolute Gasteiger partial charge is 0.493 e. The second-order valence-electron chi connectivity index (χ2n) is 10.1.